The molecule has 1 aliphatic carbocycles. The lowest BCUT2D eigenvalue weighted by molar-refractivity contribution is 0.120. The minimum atomic E-state index is -0.335. The Balaban J connectivity index is 2.15. The Morgan fingerprint density at radius 2 is 1.95 bits per heavy atom. The second kappa shape index (κ2) is 6.08. The maximum Gasteiger partial charge on any atom is 0.137 e. The maximum absolute atomic E-state index is 13.7. The molecule has 0 radical (unpaired) electrons. The van der Waals surface area contributed by atoms with Gasteiger partial charge in [0, 0.05) is 0 Å². The SMILES string of the molecule is CC(C)(C)C1CCC(C#N)(Cc2cccc(F)c2Br)CC1. The number of rotatable bonds is 2. The standard InChI is InChI=1S/C18H23BrFN/c1-17(2,3)14-7-9-18(12-21,10-8-14)11-13-5-4-6-15(20)16(13)19/h4-6,14H,7-11H2,1-3H3. The number of nitrogens with zero attached hydrogens (tertiary/aromatic N) is 1. The van der Waals surface area contributed by atoms with Crippen molar-refractivity contribution in [3.63, 3.8) is 0 Å². The van der Waals surface area contributed by atoms with Crippen LogP contribution in [-0.2, 0) is 6.42 Å². The first-order chi connectivity index (χ1) is 9.77. The van der Waals surface area contributed by atoms with Crippen LogP contribution >= 0.6 is 15.9 Å². The van der Waals surface area contributed by atoms with Crippen LogP contribution in [0.5, 0.6) is 0 Å². The van der Waals surface area contributed by atoms with E-state index in [-0.39, 0.29) is 11.2 Å². The zero-order valence-corrected chi connectivity index (χ0v) is 14.6. The fraction of sp³-hybridized carbons (Fsp3) is 0.611. The van der Waals surface area contributed by atoms with E-state index in [1.807, 2.05) is 6.07 Å². The van der Waals surface area contributed by atoms with E-state index in [1.54, 1.807) is 6.07 Å². The van der Waals surface area contributed by atoms with Crippen molar-refractivity contribution in [1.82, 2.24) is 0 Å². The summed E-state index contributed by atoms with van der Waals surface area (Å²) in [5.41, 5.74) is 0.879. The minimum absolute atomic E-state index is 0.246. The highest BCUT2D eigenvalue weighted by molar-refractivity contribution is 9.10. The van der Waals surface area contributed by atoms with Gasteiger partial charge in [-0.05, 0) is 71.0 Å². The lowest BCUT2D eigenvalue weighted by Crippen LogP contribution is -2.33. The molecule has 1 nitrogen and oxygen atoms in total. The molecule has 0 unspecified atom stereocenters. The number of benzene rings is 1. The molecule has 1 saturated carbocycles. The predicted molar refractivity (Wildman–Crippen MR) is 87.3 cm³/mol. The molecule has 0 N–H and O–H groups in total. The molecule has 0 spiro atoms. The monoisotopic (exact) mass is 351 g/mol. The largest absolute Gasteiger partial charge is 0.206 e. The van der Waals surface area contributed by atoms with E-state index < -0.39 is 0 Å². The zero-order valence-electron chi connectivity index (χ0n) is 13.0. The highest BCUT2D eigenvalue weighted by Gasteiger charge is 2.39. The molecule has 0 aliphatic heterocycles. The summed E-state index contributed by atoms with van der Waals surface area (Å²) < 4.78 is 14.2. The topological polar surface area (TPSA) is 23.8 Å². The fourth-order valence-electron chi connectivity index (χ4n) is 3.41. The summed E-state index contributed by atoms with van der Waals surface area (Å²) in [4.78, 5) is 0. The van der Waals surface area contributed by atoms with Gasteiger partial charge in [-0.3, -0.25) is 0 Å². The summed E-state index contributed by atoms with van der Waals surface area (Å²) in [7, 11) is 0. The van der Waals surface area contributed by atoms with Gasteiger partial charge >= 0.3 is 0 Å². The Morgan fingerprint density at radius 3 is 2.48 bits per heavy atom. The first-order valence-electron chi connectivity index (χ1n) is 7.61. The van der Waals surface area contributed by atoms with Crippen LogP contribution in [-0.4, -0.2) is 0 Å². The van der Waals surface area contributed by atoms with Crippen LogP contribution in [0, 0.1) is 33.9 Å². The molecule has 0 bridgehead atoms. The van der Waals surface area contributed by atoms with Crippen LogP contribution in [0.15, 0.2) is 22.7 Å². The lowest BCUT2D eigenvalue weighted by atomic mass is 9.63. The average molecular weight is 352 g/mol. The summed E-state index contributed by atoms with van der Waals surface area (Å²) in [5, 5.41) is 9.69. The van der Waals surface area contributed by atoms with E-state index in [1.165, 1.54) is 6.07 Å². The Kier molecular flexibility index (Phi) is 4.78. The normalized spacial score (nSPS) is 26.4. The van der Waals surface area contributed by atoms with Crippen LogP contribution in [0.4, 0.5) is 4.39 Å². The van der Waals surface area contributed by atoms with Crippen molar-refractivity contribution < 1.29 is 4.39 Å². The van der Waals surface area contributed by atoms with Gasteiger partial charge in [0.25, 0.3) is 0 Å². The highest BCUT2D eigenvalue weighted by atomic mass is 79.9. The smallest absolute Gasteiger partial charge is 0.137 e. The van der Waals surface area contributed by atoms with Crippen molar-refractivity contribution >= 4 is 15.9 Å². The summed E-state index contributed by atoms with van der Waals surface area (Å²) in [5.74, 6) is 0.430. The van der Waals surface area contributed by atoms with Gasteiger partial charge in [-0.15, -0.1) is 0 Å². The molecule has 0 atom stereocenters. The molecule has 2 rings (SSSR count). The van der Waals surface area contributed by atoms with Gasteiger partial charge in [-0.2, -0.15) is 5.26 Å². The number of halogens is 2. The van der Waals surface area contributed by atoms with E-state index >= 15 is 0 Å². The van der Waals surface area contributed by atoms with Crippen LogP contribution in [0.1, 0.15) is 52.0 Å². The van der Waals surface area contributed by atoms with Crippen molar-refractivity contribution in [2.75, 3.05) is 0 Å². The van der Waals surface area contributed by atoms with E-state index in [4.69, 9.17) is 0 Å². The second-order valence-electron chi connectivity index (χ2n) is 7.42. The third kappa shape index (κ3) is 3.66. The molecule has 0 amide bonds. The van der Waals surface area contributed by atoms with Gasteiger partial charge in [0.2, 0.25) is 0 Å². The van der Waals surface area contributed by atoms with Crippen molar-refractivity contribution in [1.29, 1.82) is 5.26 Å². The van der Waals surface area contributed by atoms with E-state index in [2.05, 4.69) is 42.8 Å². The number of hydrogen-bond acceptors (Lipinski definition) is 1. The van der Waals surface area contributed by atoms with Gasteiger partial charge < -0.3 is 0 Å². The second-order valence-corrected chi connectivity index (χ2v) is 8.22. The maximum atomic E-state index is 13.7. The van der Waals surface area contributed by atoms with Crippen molar-refractivity contribution in [3.05, 3.63) is 34.1 Å². The van der Waals surface area contributed by atoms with Gasteiger partial charge in [0.05, 0.1) is 16.0 Å². The predicted octanol–water partition coefficient (Wildman–Crippen LogP) is 5.88. The average Bonchev–Trinajstić information content (AvgIpc) is 2.43. The molecule has 1 aliphatic rings. The van der Waals surface area contributed by atoms with Gasteiger partial charge in [-0.1, -0.05) is 32.9 Å². The Bertz CT molecular complexity index is 545. The first-order valence-corrected chi connectivity index (χ1v) is 8.41. The summed E-state index contributed by atoms with van der Waals surface area (Å²) >= 11 is 3.32. The lowest BCUT2D eigenvalue weighted by Gasteiger charge is -2.40. The van der Waals surface area contributed by atoms with Gasteiger partial charge in [0.1, 0.15) is 5.82 Å². The molecular weight excluding hydrogens is 329 g/mol. The highest BCUT2D eigenvalue weighted by Crippen LogP contribution is 2.47. The van der Waals surface area contributed by atoms with Crippen LogP contribution < -0.4 is 0 Å². The van der Waals surface area contributed by atoms with Crippen molar-refractivity contribution in [3.8, 4) is 6.07 Å². The van der Waals surface area contributed by atoms with Gasteiger partial charge in [0.15, 0.2) is 0 Å². The Labute approximate surface area is 135 Å². The van der Waals surface area contributed by atoms with Crippen molar-refractivity contribution in [2.24, 2.45) is 16.7 Å². The van der Waals surface area contributed by atoms with Crippen LogP contribution in [0.3, 0.4) is 0 Å². The third-order valence-electron chi connectivity index (χ3n) is 4.97. The molecule has 21 heavy (non-hydrogen) atoms. The van der Waals surface area contributed by atoms with Crippen molar-refractivity contribution in [2.45, 2.75) is 52.9 Å². The number of hydrogen-bond donors (Lipinski definition) is 0. The first kappa shape index (κ1) is 16.5. The van der Waals surface area contributed by atoms with E-state index in [9.17, 15) is 9.65 Å². The number of nitriles is 1. The van der Waals surface area contributed by atoms with Crippen LogP contribution in [0.2, 0.25) is 0 Å². The molecular formula is C18H23BrFN. The minimum Gasteiger partial charge on any atom is -0.206 e. The van der Waals surface area contributed by atoms with Crippen LogP contribution in [0.25, 0.3) is 0 Å². The molecule has 0 heterocycles. The quantitative estimate of drug-likeness (QED) is 0.652. The molecule has 114 valence electrons. The molecule has 0 saturated heterocycles. The molecule has 1 fully saturated rings. The molecule has 0 aromatic heterocycles. The molecule has 1 aromatic rings. The Morgan fingerprint density at radius 1 is 1.33 bits per heavy atom. The zero-order chi connectivity index (χ0) is 15.7. The van der Waals surface area contributed by atoms with E-state index in [0.29, 0.717) is 22.2 Å². The summed E-state index contributed by atoms with van der Waals surface area (Å²) in [6, 6.07) is 7.63. The fourth-order valence-corrected chi connectivity index (χ4v) is 3.82. The van der Waals surface area contributed by atoms with Gasteiger partial charge in [-0.25, -0.2) is 4.39 Å². The van der Waals surface area contributed by atoms with E-state index in [0.717, 1.165) is 31.2 Å². The summed E-state index contributed by atoms with van der Waals surface area (Å²) in [6.45, 7) is 6.83. The summed E-state index contributed by atoms with van der Waals surface area (Å²) in [6.07, 6.45) is 4.63. The molecule has 1 aromatic carbocycles. The Hall–Kier alpha value is -0.880. The molecule has 3 heteroatoms. The third-order valence-corrected chi connectivity index (χ3v) is 5.85.